The Balaban J connectivity index is 1.09. The summed E-state index contributed by atoms with van der Waals surface area (Å²) >= 11 is 1.44. The number of carbonyl (C=O) groups excluding carboxylic acids is 3. The van der Waals surface area contributed by atoms with Crippen LogP contribution in [0, 0.1) is 23.2 Å². The highest BCUT2D eigenvalue weighted by Crippen LogP contribution is 2.52. The first-order valence-corrected chi connectivity index (χ1v) is 15.3. The van der Waals surface area contributed by atoms with Crippen LogP contribution in [0.3, 0.4) is 0 Å². The first kappa shape index (κ1) is 29.0. The molecule has 0 bridgehead atoms. The average molecular weight is 604 g/mol. The summed E-state index contributed by atoms with van der Waals surface area (Å²) in [4.78, 5) is 55.4. The summed E-state index contributed by atoms with van der Waals surface area (Å²) in [6, 6.07) is -1.27. The van der Waals surface area contributed by atoms with Gasteiger partial charge in [0.15, 0.2) is 0 Å². The number of β-lactam (4-membered cyclic amide) rings is 1. The lowest BCUT2D eigenvalue weighted by Gasteiger charge is -2.47. The Kier molecular flexibility index (Phi) is 7.74. The van der Waals surface area contributed by atoms with Crippen LogP contribution in [-0.2, 0) is 25.7 Å². The number of tetrazole rings is 1. The molecule has 4 saturated heterocycles. The number of piperidine rings is 1. The van der Waals surface area contributed by atoms with E-state index >= 15 is 0 Å². The van der Waals surface area contributed by atoms with Gasteiger partial charge in [-0.1, -0.05) is 6.92 Å². The molecular weight excluding hydrogens is 566 g/mol. The number of aliphatic carboxylic acids is 1. The number of amides is 3. The van der Waals surface area contributed by atoms with Crippen LogP contribution in [0.4, 0.5) is 0 Å². The maximum Gasteiger partial charge on any atom is 0.353 e. The first-order chi connectivity index (χ1) is 20.1. The molecule has 1 aromatic rings. The number of aliphatic hydroxyl groups is 1. The smallest absolute Gasteiger partial charge is 0.353 e. The first-order valence-electron chi connectivity index (χ1n) is 14.4. The molecule has 0 spiro atoms. The number of carbonyl (C=O) groups is 4. The summed E-state index contributed by atoms with van der Waals surface area (Å²) in [6.07, 6.45) is 2.80. The van der Waals surface area contributed by atoms with Gasteiger partial charge in [-0.15, -0.1) is 16.9 Å². The molecule has 228 valence electrons. The van der Waals surface area contributed by atoms with Crippen molar-refractivity contribution < 1.29 is 29.4 Å². The number of aliphatic hydroxyl groups excluding tert-OH is 1. The number of hydrogen-bond acceptors (Lipinski definition) is 11. The van der Waals surface area contributed by atoms with Crippen molar-refractivity contribution in [2.75, 3.05) is 39.3 Å². The van der Waals surface area contributed by atoms with Crippen LogP contribution >= 0.6 is 11.8 Å². The number of nitrogens with zero attached hydrogens (tertiary/aromatic N) is 6. The van der Waals surface area contributed by atoms with Gasteiger partial charge in [-0.25, -0.2) is 9.48 Å². The lowest BCUT2D eigenvalue weighted by Crippen LogP contribution is -2.66. The fraction of sp³-hybridized carbons (Fsp3) is 0.731. The number of fused-ring (bicyclic) bond motifs is 2. The zero-order chi connectivity index (χ0) is 29.8. The van der Waals surface area contributed by atoms with Crippen LogP contribution in [0.5, 0.6) is 0 Å². The lowest BCUT2D eigenvalue weighted by atomic mass is 9.75. The molecule has 0 aromatic carbocycles. The summed E-state index contributed by atoms with van der Waals surface area (Å²) < 4.78 is 1.28. The van der Waals surface area contributed by atoms with Crippen LogP contribution in [-0.4, -0.2) is 127 Å². The summed E-state index contributed by atoms with van der Waals surface area (Å²) in [6.45, 7) is 6.95. The summed E-state index contributed by atoms with van der Waals surface area (Å²) in [5.74, 6) is -2.32. The lowest BCUT2D eigenvalue weighted by molar-refractivity contribution is -0.158. The molecular formula is C26H37N9O6S. The second-order valence-electron chi connectivity index (χ2n) is 12.2. The molecule has 6 heterocycles. The van der Waals surface area contributed by atoms with E-state index < -0.39 is 17.9 Å². The summed E-state index contributed by atoms with van der Waals surface area (Å²) in [5.41, 5.74) is -0.288. The molecule has 5 aliphatic rings. The van der Waals surface area contributed by atoms with E-state index in [2.05, 4.69) is 31.5 Å². The Morgan fingerprint density at radius 2 is 2.14 bits per heavy atom. The predicted molar refractivity (Wildman–Crippen MR) is 148 cm³/mol. The number of rotatable bonds is 9. The molecule has 8 atom stereocenters. The molecule has 5 aliphatic heterocycles. The Morgan fingerprint density at radius 3 is 2.83 bits per heavy atom. The maximum absolute atomic E-state index is 13.5. The van der Waals surface area contributed by atoms with Gasteiger partial charge >= 0.3 is 5.97 Å². The largest absolute Gasteiger partial charge is 0.477 e. The van der Waals surface area contributed by atoms with Crippen LogP contribution in [0.1, 0.15) is 26.7 Å². The molecule has 0 radical (unpaired) electrons. The molecule has 0 aliphatic carbocycles. The summed E-state index contributed by atoms with van der Waals surface area (Å²) in [7, 11) is 0. The Hall–Kier alpha value is -3.08. The molecule has 6 rings (SSSR count). The molecule has 42 heavy (non-hydrogen) atoms. The molecule has 3 unspecified atom stereocenters. The van der Waals surface area contributed by atoms with Crippen molar-refractivity contribution in [1.29, 1.82) is 0 Å². The minimum absolute atomic E-state index is 0.00162. The van der Waals surface area contributed by atoms with Gasteiger partial charge in [0, 0.05) is 53.7 Å². The molecule has 5 N–H and O–H groups in total. The minimum atomic E-state index is -1.16. The van der Waals surface area contributed by atoms with E-state index in [1.807, 2.05) is 11.8 Å². The fourth-order valence-corrected chi connectivity index (χ4v) is 8.99. The SMILES string of the molecule is CC(NC(=O)Cn1cnnn1)[C@H]1C(=O)N2C(C(=O)O)=C(S[C@@H]3CN[C@H](C(=O)N4CC5CCNCC5(CO)C4)C3)[C@H](C)[C@H]12. The number of nitrogens with one attached hydrogen (secondary N) is 3. The number of carboxylic acids is 1. The highest BCUT2D eigenvalue weighted by molar-refractivity contribution is 8.03. The van der Waals surface area contributed by atoms with Gasteiger partial charge in [-0.05, 0) is 42.7 Å². The predicted octanol–water partition coefficient (Wildman–Crippen LogP) is -2.16. The molecule has 4 fully saturated rings. The quantitative estimate of drug-likeness (QED) is 0.192. The molecule has 0 saturated carbocycles. The average Bonchev–Trinajstić information content (AvgIpc) is 3.75. The Morgan fingerprint density at radius 1 is 1.33 bits per heavy atom. The van der Waals surface area contributed by atoms with Crippen molar-refractivity contribution in [3.63, 3.8) is 0 Å². The van der Waals surface area contributed by atoms with Crippen LogP contribution < -0.4 is 16.0 Å². The zero-order valence-electron chi connectivity index (χ0n) is 23.6. The van der Waals surface area contributed by atoms with Gasteiger partial charge in [-0.2, -0.15) is 0 Å². The van der Waals surface area contributed by atoms with Crippen molar-refractivity contribution in [3.05, 3.63) is 16.9 Å². The molecule has 3 amide bonds. The monoisotopic (exact) mass is 603 g/mol. The standard InChI is InChI=1S/C26H37N9O6S/c1-13-20-19(14(2)30-18(37)8-34-12-29-31-32-34)24(39)35(20)21(25(40)41)22(13)42-16-5-17(28-6-16)23(38)33-7-15-3-4-27-9-26(15,10-33)11-36/h12-17,19-20,27-28,36H,3-11H2,1-2H3,(H,30,37)(H,40,41)/t13-,14?,15?,16+,17+,19-,20-,26?/m1/s1. The highest BCUT2D eigenvalue weighted by atomic mass is 32.2. The number of carboxylic acid groups (broad SMARTS) is 1. The van der Waals surface area contributed by atoms with E-state index in [9.17, 15) is 29.4 Å². The van der Waals surface area contributed by atoms with Gasteiger partial charge in [-0.3, -0.25) is 14.4 Å². The topological polar surface area (TPSA) is 195 Å². The maximum atomic E-state index is 13.5. The van der Waals surface area contributed by atoms with E-state index in [1.54, 1.807) is 6.92 Å². The molecule has 1 aromatic heterocycles. The Labute approximate surface area is 246 Å². The van der Waals surface area contributed by atoms with Crippen molar-refractivity contribution in [3.8, 4) is 0 Å². The van der Waals surface area contributed by atoms with Crippen molar-refractivity contribution in [2.24, 2.45) is 23.2 Å². The van der Waals surface area contributed by atoms with Gasteiger partial charge in [0.2, 0.25) is 17.7 Å². The van der Waals surface area contributed by atoms with E-state index in [0.29, 0.717) is 37.5 Å². The van der Waals surface area contributed by atoms with Crippen molar-refractivity contribution >= 4 is 35.5 Å². The van der Waals surface area contributed by atoms with E-state index in [4.69, 9.17) is 0 Å². The van der Waals surface area contributed by atoms with Gasteiger partial charge < -0.3 is 36.0 Å². The summed E-state index contributed by atoms with van der Waals surface area (Å²) in [5, 5.41) is 40.4. The number of hydrogen-bond donors (Lipinski definition) is 5. The fourth-order valence-electron chi connectivity index (χ4n) is 7.51. The second-order valence-corrected chi connectivity index (χ2v) is 13.6. The van der Waals surface area contributed by atoms with Crippen molar-refractivity contribution in [1.82, 2.24) is 46.0 Å². The van der Waals surface area contributed by atoms with Crippen molar-refractivity contribution in [2.45, 2.75) is 56.6 Å². The number of thioether (sulfide) groups is 1. The third kappa shape index (κ3) is 4.87. The van der Waals surface area contributed by atoms with Gasteiger partial charge in [0.1, 0.15) is 18.6 Å². The number of aromatic nitrogens is 4. The van der Waals surface area contributed by atoms with Crippen LogP contribution in [0.15, 0.2) is 16.9 Å². The molecule has 16 heteroatoms. The number of likely N-dealkylation sites (tertiary alicyclic amines) is 1. The highest BCUT2D eigenvalue weighted by Gasteiger charge is 2.60. The van der Waals surface area contributed by atoms with Gasteiger partial charge in [0.25, 0.3) is 0 Å². The normalized spacial score (nSPS) is 34.7. The second kappa shape index (κ2) is 11.2. The Bertz CT molecular complexity index is 1290. The van der Waals surface area contributed by atoms with Gasteiger partial charge in [0.05, 0.1) is 24.6 Å². The zero-order valence-corrected chi connectivity index (χ0v) is 24.4. The third-order valence-corrected chi connectivity index (χ3v) is 11.2. The van der Waals surface area contributed by atoms with Crippen LogP contribution in [0.25, 0.3) is 0 Å². The third-order valence-electron chi connectivity index (χ3n) is 9.68. The minimum Gasteiger partial charge on any atom is -0.477 e. The van der Waals surface area contributed by atoms with E-state index in [-0.39, 0.29) is 71.2 Å². The van der Waals surface area contributed by atoms with Crippen LogP contribution in [0.2, 0.25) is 0 Å². The molecule has 15 nitrogen and oxygen atoms in total. The van der Waals surface area contributed by atoms with E-state index in [1.165, 1.54) is 27.7 Å². The van der Waals surface area contributed by atoms with E-state index in [0.717, 1.165) is 13.0 Å².